The number of methoxy groups -OCH3 is 1. The summed E-state index contributed by atoms with van der Waals surface area (Å²) in [5, 5.41) is 3.28. The van der Waals surface area contributed by atoms with Crippen molar-refractivity contribution in [1.82, 2.24) is 9.97 Å². The zero-order valence-electron chi connectivity index (χ0n) is 11.2. The molecule has 0 saturated carbocycles. The van der Waals surface area contributed by atoms with E-state index in [9.17, 15) is 0 Å². The number of hydrogen-bond donors (Lipinski definition) is 2. The second-order valence-corrected chi connectivity index (χ2v) is 4.14. The van der Waals surface area contributed by atoms with Crippen molar-refractivity contribution in [2.24, 2.45) is 0 Å². The number of nitrogens with two attached hydrogens (primary N) is 1. The van der Waals surface area contributed by atoms with Crippen molar-refractivity contribution in [2.75, 3.05) is 18.2 Å². The molecular weight excluding hydrogens is 240 g/mol. The minimum atomic E-state index is 0.473. The molecule has 0 aliphatic rings. The van der Waals surface area contributed by atoms with Gasteiger partial charge in [-0.25, -0.2) is 9.97 Å². The van der Waals surface area contributed by atoms with Crippen molar-refractivity contribution >= 4 is 11.5 Å². The number of ether oxygens (including phenoxy) is 1. The number of nitrogen functional groups attached to an aromatic ring is 1. The lowest BCUT2D eigenvalue weighted by Gasteiger charge is -2.12. The number of aryl methyl sites for hydroxylation is 1. The van der Waals surface area contributed by atoms with Crippen LogP contribution >= 0.6 is 0 Å². The van der Waals surface area contributed by atoms with Gasteiger partial charge in [0.1, 0.15) is 17.4 Å². The van der Waals surface area contributed by atoms with E-state index in [0.717, 1.165) is 17.9 Å². The fourth-order valence-electron chi connectivity index (χ4n) is 1.79. The van der Waals surface area contributed by atoms with Crippen LogP contribution in [0.2, 0.25) is 0 Å². The van der Waals surface area contributed by atoms with Crippen molar-refractivity contribution in [3.8, 4) is 5.75 Å². The highest BCUT2D eigenvalue weighted by atomic mass is 16.5. The SMILES string of the molecule is CCc1ccc(OC)c(NCc2nccc(N)n2)c1. The first kappa shape index (κ1) is 13.1. The van der Waals surface area contributed by atoms with E-state index in [-0.39, 0.29) is 0 Å². The van der Waals surface area contributed by atoms with Crippen LogP contribution in [-0.4, -0.2) is 17.1 Å². The third-order valence-corrected chi connectivity index (χ3v) is 2.84. The molecule has 0 radical (unpaired) electrons. The number of nitrogens with zero attached hydrogens (tertiary/aromatic N) is 2. The van der Waals surface area contributed by atoms with Crippen molar-refractivity contribution in [2.45, 2.75) is 19.9 Å². The first-order chi connectivity index (χ1) is 9.22. The molecular formula is C14H18N4O. The van der Waals surface area contributed by atoms with Gasteiger partial charge in [0.25, 0.3) is 0 Å². The summed E-state index contributed by atoms with van der Waals surface area (Å²) in [4.78, 5) is 8.31. The summed E-state index contributed by atoms with van der Waals surface area (Å²) in [5.74, 6) is 1.94. The lowest BCUT2D eigenvalue weighted by molar-refractivity contribution is 0.416. The minimum Gasteiger partial charge on any atom is -0.495 e. The van der Waals surface area contributed by atoms with E-state index in [2.05, 4.69) is 34.3 Å². The van der Waals surface area contributed by atoms with Gasteiger partial charge >= 0.3 is 0 Å². The molecule has 0 unspecified atom stereocenters. The molecule has 3 N–H and O–H groups in total. The van der Waals surface area contributed by atoms with Crippen molar-refractivity contribution < 1.29 is 4.74 Å². The Kier molecular flexibility index (Phi) is 4.18. The van der Waals surface area contributed by atoms with Crippen molar-refractivity contribution in [1.29, 1.82) is 0 Å². The highest BCUT2D eigenvalue weighted by Gasteiger charge is 2.05. The van der Waals surface area contributed by atoms with Crippen LogP contribution in [-0.2, 0) is 13.0 Å². The van der Waals surface area contributed by atoms with Crippen molar-refractivity contribution in [3.63, 3.8) is 0 Å². The Labute approximate surface area is 112 Å². The van der Waals surface area contributed by atoms with Gasteiger partial charge < -0.3 is 15.8 Å². The molecule has 1 aromatic carbocycles. The number of nitrogens with one attached hydrogen (secondary N) is 1. The predicted octanol–water partition coefficient (Wildman–Crippen LogP) is 2.24. The molecule has 1 heterocycles. The van der Waals surface area contributed by atoms with Gasteiger partial charge in [0.15, 0.2) is 0 Å². The van der Waals surface area contributed by atoms with Gasteiger partial charge in [-0.1, -0.05) is 13.0 Å². The Bertz CT molecular complexity index is 557. The second-order valence-electron chi connectivity index (χ2n) is 4.14. The van der Waals surface area contributed by atoms with Crippen LogP contribution in [0.15, 0.2) is 30.5 Å². The molecule has 1 aromatic heterocycles. The van der Waals surface area contributed by atoms with Crippen LogP contribution in [0, 0.1) is 0 Å². The van der Waals surface area contributed by atoms with E-state index in [1.54, 1.807) is 19.4 Å². The van der Waals surface area contributed by atoms with Gasteiger partial charge in [-0.2, -0.15) is 0 Å². The Hall–Kier alpha value is -2.30. The topological polar surface area (TPSA) is 73.1 Å². The Morgan fingerprint density at radius 1 is 1.32 bits per heavy atom. The quantitative estimate of drug-likeness (QED) is 0.860. The number of hydrogen-bond acceptors (Lipinski definition) is 5. The molecule has 0 atom stereocenters. The second kappa shape index (κ2) is 6.04. The Balaban J connectivity index is 2.14. The summed E-state index contributed by atoms with van der Waals surface area (Å²) in [6.45, 7) is 2.63. The van der Waals surface area contributed by atoms with Crippen LogP contribution in [0.1, 0.15) is 18.3 Å². The number of rotatable bonds is 5. The summed E-state index contributed by atoms with van der Waals surface area (Å²) >= 11 is 0. The fourth-order valence-corrected chi connectivity index (χ4v) is 1.79. The average molecular weight is 258 g/mol. The first-order valence-electron chi connectivity index (χ1n) is 6.21. The molecule has 0 fully saturated rings. The first-order valence-corrected chi connectivity index (χ1v) is 6.21. The minimum absolute atomic E-state index is 0.473. The predicted molar refractivity (Wildman–Crippen MR) is 76.1 cm³/mol. The normalized spacial score (nSPS) is 10.2. The smallest absolute Gasteiger partial charge is 0.149 e. The zero-order chi connectivity index (χ0) is 13.7. The Morgan fingerprint density at radius 3 is 2.84 bits per heavy atom. The monoisotopic (exact) mass is 258 g/mol. The summed E-state index contributed by atoms with van der Waals surface area (Å²) < 4.78 is 5.33. The molecule has 5 heteroatoms. The largest absolute Gasteiger partial charge is 0.495 e. The number of anilines is 2. The van der Waals surface area contributed by atoms with E-state index < -0.39 is 0 Å². The van der Waals surface area contributed by atoms with Crippen LogP contribution in [0.4, 0.5) is 11.5 Å². The maximum Gasteiger partial charge on any atom is 0.149 e. The molecule has 0 bridgehead atoms. The van der Waals surface area contributed by atoms with Gasteiger partial charge in [-0.05, 0) is 30.2 Å². The maximum atomic E-state index is 5.63. The molecule has 0 saturated heterocycles. The molecule has 100 valence electrons. The van der Waals surface area contributed by atoms with Crippen LogP contribution in [0.25, 0.3) is 0 Å². The summed E-state index contributed by atoms with van der Waals surface area (Å²) in [7, 11) is 1.66. The average Bonchev–Trinajstić information content (AvgIpc) is 2.45. The van der Waals surface area contributed by atoms with E-state index in [1.165, 1.54) is 5.56 Å². The summed E-state index contributed by atoms with van der Waals surface area (Å²) in [5.41, 5.74) is 7.81. The zero-order valence-corrected chi connectivity index (χ0v) is 11.2. The molecule has 0 amide bonds. The van der Waals surface area contributed by atoms with E-state index >= 15 is 0 Å². The molecule has 2 aromatic rings. The molecule has 0 aliphatic carbocycles. The summed E-state index contributed by atoms with van der Waals surface area (Å²) in [6.07, 6.45) is 2.63. The maximum absolute atomic E-state index is 5.63. The van der Waals surface area contributed by atoms with Gasteiger partial charge in [-0.15, -0.1) is 0 Å². The van der Waals surface area contributed by atoms with E-state index in [1.807, 2.05) is 6.07 Å². The fraction of sp³-hybridized carbons (Fsp3) is 0.286. The van der Waals surface area contributed by atoms with Crippen LogP contribution in [0.3, 0.4) is 0 Å². The Morgan fingerprint density at radius 2 is 2.16 bits per heavy atom. The number of benzene rings is 1. The van der Waals surface area contributed by atoms with Crippen LogP contribution in [0.5, 0.6) is 5.75 Å². The molecule has 19 heavy (non-hydrogen) atoms. The molecule has 0 aliphatic heterocycles. The third kappa shape index (κ3) is 3.34. The van der Waals surface area contributed by atoms with E-state index in [4.69, 9.17) is 10.5 Å². The van der Waals surface area contributed by atoms with Crippen molar-refractivity contribution in [3.05, 3.63) is 41.9 Å². The highest BCUT2D eigenvalue weighted by molar-refractivity contribution is 5.58. The lowest BCUT2D eigenvalue weighted by atomic mass is 10.1. The van der Waals surface area contributed by atoms with Gasteiger partial charge in [0.2, 0.25) is 0 Å². The molecule has 2 rings (SSSR count). The number of aromatic nitrogens is 2. The molecule has 0 spiro atoms. The van der Waals surface area contributed by atoms with Gasteiger partial charge in [-0.3, -0.25) is 0 Å². The summed E-state index contributed by atoms with van der Waals surface area (Å²) in [6, 6.07) is 7.76. The van der Waals surface area contributed by atoms with Gasteiger partial charge in [0, 0.05) is 6.20 Å². The van der Waals surface area contributed by atoms with Gasteiger partial charge in [0.05, 0.1) is 19.3 Å². The third-order valence-electron chi connectivity index (χ3n) is 2.84. The van der Waals surface area contributed by atoms with Crippen LogP contribution < -0.4 is 15.8 Å². The standard InChI is InChI=1S/C14H18N4O/c1-3-10-4-5-12(19-2)11(8-10)17-9-14-16-7-6-13(15)18-14/h4-8,17H,3,9H2,1-2H3,(H2,15,16,18). The van der Waals surface area contributed by atoms with E-state index in [0.29, 0.717) is 18.2 Å². The molecule has 5 nitrogen and oxygen atoms in total. The highest BCUT2D eigenvalue weighted by Crippen LogP contribution is 2.26. The lowest BCUT2D eigenvalue weighted by Crippen LogP contribution is -2.06.